The first-order chi connectivity index (χ1) is 10.6. The summed E-state index contributed by atoms with van der Waals surface area (Å²) in [6.07, 6.45) is 3.64. The van der Waals surface area contributed by atoms with Crippen LogP contribution < -0.4 is 0 Å². The fourth-order valence-electron chi connectivity index (χ4n) is 2.04. The molecule has 1 heterocycles. The van der Waals surface area contributed by atoms with Crippen LogP contribution in [-0.2, 0) is 0 Å². The van der Waals surface area contributed by atoms with Crippen molar-refractivity contribution in [3.05, 3.63) is 82.4 Å². The van der Waals surface area contributed by atoms with E-state index >= 15 is 0 Å². The summed E-state index contributed by atoms with van der Waals surface area (Å²) >= 11 is 11.7. The lowest BCUT2D eigenvalue weighted by Gasteiger charge is -2.06. The maximum absolute atomic E-state index is 13.1. The van der Waals surface area contributed by atoms with Gasteiger partial charge in [-0.05, 0) is 54.6 Å². The second kappa shape index (κ2) is 6.34. The number of rotatable bonds is 3. The Morgan fingerprint density at radius 1 is 1.00 bits per heavy atom. The summed E-state index contributed by atoms with van der Waals surface area (Å²) in [5.41, 5.74) is 2.46. The summed E-state index contributed by atoms with van der Waals surface area (Å²) < 4.78 is 15.1. The lowest BCUT2D eigenvalue weighted by molar-refractivity contribution is 0.628. The first-order valence-electron chi connectivity index (χ1n) is 6.56. The van der Waals surface area contributed by atoms with E-state index in [2.05, 4.69) is 4.99 Å². The largest absolute Gasteiger partial charge is 0.316 e. The van der Waals surface area contributed by atoms with Gasteiger partial charge in [0.05, 0.1) is 22.6 Å². The molecule has 0 radical (unpaired) electrons. The molecular formula is C17H11Cl2FN2. The van der Waals surface area contributed by atoms with Crippen molar-refractivity contribution in [2.45, 2.75) is 0 Å². The summed E-state index contributed by atoms with van der Waals surface area (Å²) in [6, 6.07) is 15.7. The summed E-state index contributed by atoms with van der Waals surface area (Å²) in [6.45, 7) is 0. The van der Waals surface area contributed by atoms with E-state index in [-0.39, 0.29) is 5.02 Å². The highest BCUT2D eigenvalue weighted by Gasteiger charge is 2.02. The second-order valence-electron chi connectivity index (χ2n) is 4.64. The molecule has 0 atom stereocenters. The van der Waals surface area contributed by atoms with Gasteiger partial charge < -0.3 is 4.57 Å². The Morgan fingerprint density at radius 2 is 1.77 bits per heavy atom. The zero-order chi connectivity index (χ0) is 15.5. The zero-order valence-corrected chi connectivity index (χ0v) is 12.9. The van der Waals surface area contributed by atoms with Crippen molar-refractivity contribution in [3.8, 4) is 5.69 Å². The van der Waals surface area contributed by atoms with Crippen LogP contribution in [0.5, 0.6) is 0 Å². The van der Waals surface area contributed by atoms with Crippen molar-refractivity contribution in [3.63, 3.8) is 0 Å². The van der Waals surface area contributed by atoms with Crippen molar-refractivity contribution in [1.82, 2.24) is 4.57 Å². The first kappa shape index (κ1) is 14.8. The second-order valence-corrected chi connectivity index (χ2v) is 5.48. The van der Waals surface area contributed by atoms with E-state index in [1.54, 1.807) is 12.3 Å². The third-order valence-electron chi connectivity index (χ3n) is 3.13. The highest BCUT2D eigenvalue weighted by molar-refractivity contribution is 6.31. The summed E-state index contributed by atoms with van der Waals surface area (Å²) in [4.78, 5) is 4.33. The lowest BCUT2D eigenvalue weighted by Crippen LogP contribution is -1.97. The minimum absolute atomic E-state index is 0.0581. The van der Waals surface area contributed by atoms with Crippen LogP contribution in [0.1, 0.15) is 5.69 Å². The van der Waals surface area contributed by atoms with Crippen LogP contribution in [0.3, 0.4) is 0 Å². The van der Waals surface area contributed by atoms with Crippen molar-refractivity contribution in [2.75, 3.05) is 0 Å². The normalized spacial score (nSPS) is 11.2. The predicted molar refractivity (Wildman–Crippen MR) is 89.4 cm³/mol. The molecule has 0 amide bonds. The maximum Gasteiger partial charge on any atom is 0.141 e. The topological polar surface area (TPSA) is 17.3 Å². The van der Waals surface area contributed by atoms with E-state index < -0.39 is 5.82 Å². The molecule has 22 heavy (non-hydrogen) atoms. The number of hydrogen-bond acceptors (Lipinski definition) is 1. The summed E-state index contributed by atoms with van der Waals surface area (Å²) in [7, 11) is 0. The number of aliphatic imine (C=N–C) groups is 1. The molecule has 110 valence electrons. The van der Waals surface area contributed by atoms with Crippen LogP contribution in [-0.4, -0.2) is 10.8 Å². The molecule has 0 aliphatic heterocycles. The van der Waals surface area contributed by atoms with Crippen molar-refractivity contribution in [1.29, 1.82) is 0 Å². The SMILES string of the molecule is Fc1ccc(N=Cc2cccn2-c2ccc(Cl)cc2)cc1Cl. The number of benzene rings is 2. The Balaban J connectivity index is 1.90. The van der Waals surface area contributed by atoms with Gasteiger partial charge in [-0.2, -0.15) is 0 Å². The first-order valence-corrected chi connectivity index (χ1v) is 7.31. The number of hydrogen-bond donors (Lipinski definition) is 0. The Morgan fingerprint density at radius 3 is 2.50 bits per heavy atom. The molecule has 3 rings (SSSR count). The smallest absolute Gasteiger partial charge is 0.141 e. The van der Waals surface area contributed by atoms with Gasteiger partial charge >= 0.3 is 0 Å². The molecule has 0 bridgehead atoms. The highest BCUT2D eigenvalue weighted by atomic mass is 35.5. The van der Waals surface area contributed by atoms with Gasteiger partial charge in [-0.15, -0.1) is 0 Å². The van der Waals surface area contributed by atoms with Crippen molar-refractivity contribution < 1.29 is 4.39 Å². The van der Waals surface area contributed by atoms with Gasteiger partial charge in [0.25, 0.3) is 0 Å². The molecule has 0 saturated heterocycles. The molecule has 0 saturated carbocycles. The average molecular weight is 333 g/mol. The van der Waals surface area contributed by atoms with Gasteiger partial charge in [0.15, 0.2) is 0 Å². The average Bonchev–Trinajstić information content (AvgIpc) is 2.98. The van der Waals surface area contributed by atoms with Crippen LogP contribution >= 0.6 is 23.2 Å². The van der Waals surface area contributed by atoms with Gasteiger partial charge in [0.1, 0.15) is 5.82 Å². The third kappa shape index (κ3) is 3.21. The van der Waals surface area contributed by atoms with Crippen LogP contribution in [0.2, 0.25) is 10.0 Å². The summed E-state index contributed by atoms with van der Waals surface area (Å²) in [5.74, 6) is -0.454. The highest BCUT2D eigenvalue weighted by Crippen LogP contribution is 2.22. The van der Waals surface area contributed by atoms with Crippen LogP contribution in [0.25, 0.3) is 5.69 Å². The molecule has 2 nitrogen and oxygen atoms in total. The Labute approximate surface area is 137 Å². The van der Waals surface area contributed by atoms with E-state index in [0.29, 0.717) is 10.7 Å². The molecule has 0 fully saturated rings. The molecular weight excluding hydrogens is 322 g/mol. The zero-order valence-electron chi connectivity index (χ0n) is 11.4. The monoisotopic (exact) mass is 332 g/mol. The number of nitrogens with zero attached hydrogens (tertiary/aromatic N) is 2. The predicted octanol–water partition coefficient (Wildman–Crippen LogP) is 5.67. The number of aromatic nitrogens is 1. The van der Waals surface area contributed by atoms with Gasteiger partial charge in [0, 0.05) is 16.9 Å². The minimum atomic E-state index is -0.454. The van der Waals surface area contributed by atoms with Crippen LogP contribution in [0.15, 0.2) is 65.8 Å². The quantitative estimate of drug-likeness (QED) is 0.549. The molecule has 1 aromatic heterocycles. The van der Waals surface area contributed by atoms with Crippen molar-refractivity contribution >= 4 is 35.1 Å². The fraction of sp³-hybridized carbons (Fsp3) is 0. The third-order valence-corrected chi connectivity index (χ3v) is 3.68. The summed E-state index contributed by atoms with van der Waals surface area (Å²) in [5, 5.41) is 0.745. The van der Waals surface area contributed by atoms with E-state index in [4.69, 9.17) is 23.2 Å². The molecule has 2 aromatic carbocycles. The van der Waals surface area contributed by atoms with Crippen molar-refractivity contribution in [2.24, 2.45) is 4.99 Å². The molecule has 0 unspecified atom stereocenters. The molecule has 0 spiro atoms. The fourth-order valence-corrected chi connectivity index (χ4v) is 2.34. The Bertz CT molecular complexity index is 823. The molecule has 0 aliphatic rings. The Kier molecular flexibility index (Phi) is 4.27. The minimum Gasteiger partial charge on any atom is -0.316 e. The standard InChI is InChI=1S/C17H11Cl2FN2/c18-12-3-6-14(7-4-12)22-9-1-2-15(22)11-21-13-5-8-17(20)16(19)10-13/h1-11H. The van der Waals surface area contributed by atoms with E-state index in [1.807, 2.05) is 47.2 Å². The molecule has 0 aliphatic carbocycles. The van der Waals surface area contributed by atoms with E-state index in [0.717, 1.165) is 11.4 Å². The van der Waals surface area contributed by atoms with E-state index in [9.17, 15) is 4.39 Å². The molecule has 5 heteroatoms. The van der Waals surface area contributed by atoms with Gasteiger partial charge in [-0.1, -0.05) is 23.2 Å². The van der Waals surface area contributed by atoms with E-state index in [1.165, 1.54) is 12.1 Å². The van der Waals surface area contributed by atoms with Gasteiger partial charge in [0.2, 0.25) is 0 Å². The van der Waals surface area contributed by atoms with Crippen LogP contribution in [0.4, 0.5) is 10.1 Å². The molecule has 3 aromatic rings. The van der Waals surface area contributed by atoms with Gasteiger partial charge in [-0.3, -0.25) is 4.99 Å². The Hall–Kier alpha value is -2.10. The van der Waals surface area contributed by atoms with Gasteiger partial charge in [-0.25, -0.2) is 4.39 Å². The molecule has 0 N–H and O–H groups in total. The number of halogens is 3. The lowest BCUT2D eigenvalue weighted by atomic mass is 10.3. The maximum atomic E-state index is 13.1. The van der Waals surface area contributed by atoms with Crippen LogP contribution in [0, 0.1) is 5.82 Å².